The number of anilines is 1. The molecule has 4 N–H and O–H groups in total. The molecule has 0 unspecified atom stereocenters. The third kappa shape index (κ3) is 3.05. The van der Waals surface area contributed by atoms with Crippen molar-refractivity contribution < 1.29 is 28.4 Å². The van der Waals surface area contributed by atoms with Crippen LogP contribution in [0, 0.1) is 0 Å². The van der Waals surface area contributed by atoms with Gasteiger partial charge in [0.2, 0.25) is 0 Å². The summed E-state index contributed by atoms with van der Waals surface area (Å²) in [4.78, 5) is 45.5. The molecule has 0 aliphatic carbocycles. The average Bonchev–Trinajstić information content (AvgIpc) is 3.03. The Hall–Kier alpha value is -2.60. The molecule has 3 rings (SSSR count). The van der Waals surface area contributed by atoms with E-state index in [0.29, 0.717) is 5.75 Å². The summed E-state index contributed by atoms with van der Waals surface area (Å²) in [6.07, 6.45) is 1.41. The average molecular weight is 386 g/mol. The van der Waals surface area contributed by atoms with Gasteiger partial charge >= 0.3 is 5.97 Å². The van der Waals surface area contributed by atoms with Crippen LogP contribution in [0.1, 0.15) is 9.81 Å². The van der Waals surface area contributed by atoms with Gasteiger partial charge in [-0.15, -0.1) is 23.1 Å². The van der Waals surface area contributed by atoms with E-state index in [0.717, 1.165) is 16.2 Å². The Morgan fingerprint density at radius 1 is 1.64 bits per heavy atom. The Morgan fingerprint density at radius 3 is 3.08 bits per heavy atom. The van der Waals surface area contributed by atoms with Gasteiger partial charge in [0.05, 0.1) is 4.11 Å². The predicted octanol–water partition coefficient (Wildman–Crippen LogP) is -0.556. The molecule has 0 spiro atoms. The molecule has 1 aromatic heterocycles. The van der Waals surface area contributed by atoms with Gasteiger partial charge in [-0.1, -0.05) is 5.16 Å². The van der Waals surface area contributed by atoms with Crippen molar-refractivity contribution in [2.75, 3.05) is 18.5 Å². The van der Waals surface area contributed by atoms with E-state index in [1.165, 1.54) is 23.2 Å². The molecular weight excluding hydrogens is 370 g/mol. The monoisotopic (exact) mass is 386 g/mol. The fourth-order valence-electron chi connectivity index (χ4n) is 2.39. The lowest BCUT2D eigenvalue weighted by molar-refractivity contribution is -0.150. The number of thiazole rings is 1. The lowest BCUT2D eigenvalue weighted by Gasteiger charge is -2.48. The van der Waals surface area contributed by atoms with Crippen LogP contribution in [0.3, 0.4) is 0 Å². The summed E-state index contributed by atoms with van der Waals surface area (Å²) in [6, 6.07) is -1.01. The number of carboxylic acids is 1. The zero-order valence-electron chi connectivity index (χ0n) is 15.3. The molecule has 132 valence electrons. The second kappa shape index (κ2) is 6.72. The van der Waals surface area contributed by atoms with Crippen molar-refractivity contribution in [1.82, 2.24) is 15.2 Å². The number of hydrogen-bond acceptors (Lipinski definition) is 9. The summed E-state index contributed by atoms with van der Waals surface area (Å²) in [7, 11) is -2.89. The van der Waals surface area contributed by atoms with Crippen molar-refractivity contribution in [1.29, 1.82) is 0 Å². The smallest absolute Gasteiger partial charge is 0.352 e. The van der Waals surface area contributed by atoms with Gasteiger partial charge in [-0.25, -0.2) is 9.78 Å². The first-order valence-corrected chi connectivity index (χ1v) is 8.68. The van der Waals surface area contributed by atoms with Gasteiger partial charge in [0.15, 0.2) is 10.8 Å². The van der Waals surface area contributed by atoms with E-state index in [1.54, 1.807) is 0 Å². The largest absolute Gasteiger partial charge is 0.477 e. The highest BCUT2D eigenvalue weighted by Crippen LogP contribution is 2.37. The summed E-state index contributed by atoms with van der Waals surface area (Å²) in [5, 5.41) is 15.8. The number of hydrogen-bond donors (Lipinski definition) is 3. The highest BCUT2D eigenvalue weighted by Gasteiger charge is 2.53. The minimum atomic E-state index is -2.89. The number of amides is 2. The highest BCUT2D eigenvalue weighted by molar-refractivity contribution is 8.00. The molecule has 1 saturated heterocycles. The summed E-state index contributed by atoms with van der Waals surface area (Å²) in [5.41, 5.74) is 4.90. The third-order valence-corrected chi connectivity index (χ3v) is 5.33. The second-order valence-electron chi connectivity index (χ2n) is 4.88. The number of nitrogens with one attached hydrogen (secondary N) is 1. The summed E-state index contributed by atoms with van der Waals surface area (Å²) >= 11 is 2.28. The van der Waals surface area contributed by atoms with E-state index in [4.69, 9.17) is 15.0 Å². The lowest BCUT2D eigenvalue weighted by Crippen LogP contribution is -2.70. The normalized spacial score (nSPS) is 24.9. The summed E-state index contributed by atoms with van der Waals surface area (Å²) in [6.45, 7) is 0. The van der Waals surface area contributed by atoms with Crippen molar-refractivity contribution in [3.8, 4) is 0 Å². The number of fused-ring (bicyclic) bond motifs is 1. The Morgan fingerprint density at radius 2 is 2.44 bits per heavy atom. The van der Waals surface area contributed by atoms with Crippen LogP contribution in [0.25, 0.3) is 0 Å². The van der Waals surface area contributed by atoms with Crippen molar-refractivity contribution >= 4 is 51.7 Å². The Balaban J connectivity index is 1.79. The van der Waals surface area contributed by atoms with Gasteiger partial charge in [-0.2, -0.15) is 0 Å². The van der Waals surface area contributed by atoms with Gasteiger partial charge in [0, 0.05) is 11.1 Å². The van der Waals surface area contributed by atoms with Crippen LogP contribution in [-0.4, -0.2) is 62.7 Å². The van der Waals surface area contributed by atoms with Crippen LogP contribution in [0.15, 0.2) is 22.3 Å². The van der Waals surface area contributed by atoms with Crippen molar-refractivity contribution in [2.24, 2.45) is 5.16 Å². The van der Waals surface area contributed by atoms with E-state index in [-0.39, 0.29) is 16.5 Å². The van der Waals surface area contributed by atoms with Gasteiger partial charge in [0.1, 0.15) is 29.8 Å². The number of carbonyl (C=O) groups is 3. The molecule has 0 bridgehead atoms. The molecule has 0 saturated carbocycles. The van der Waals surface area contributed by atoms with Crippen LogP contribution >= 0.6 is 23.1 Å². The fourth-order valence-corrected chi connectivity index (χ4v) is 4.14. The maximum atomic E-state index is 12.6. The number of aliphatic carboxylic acids is 1. The van der Waals surface area contributed by atoms with Gasteiger partial charge in [-0.3, -0.25) is 14.5 Å². The van der Waals surface area contributed by atoms with Crippen molar-refractivity contribution in [3.63, 3.8) is 0 Å². The van der Waals surface area contributed by atoms with Crippen LogP contribution in [0.4, 0.5) is 5.13 Å². The highest BCUT2D eigenvalue weighted by atomic mass is 32.2. The molecule has 1 aromatic rings. The molecule has 2 aliphatic heterocycles. The number of nitrogens with zero attached hydrogens (tertiary/aromatic N) is 3. The van der Waals surface area contributed by atoms with Crippen molar-refractivity contribution in [3.05, 3.63) is 22.8 Å². The van der Waals surface area contributed by atoms with Crippen molar-refractivity contribution in [2.45, 2.75) is 11.4 Å². The van der Waals surface area contributed by atoms with Gasteiger partial charge in [-0.05, 0) is 6.08 Å². The SMILES string of the molecule is [2H]C([2H])([2H])O/N=C(\C(=O)N[C@@H]1C(=O)N2C(C(=O)O)=CCS[C@H]12)c1csc(N)n1. The Kier molecular flexibility index (Phi) is 3.67. The number of aromatic nitrogens is 1. The van der Waals surface area contributed by atoms with Crippen LogP contribution in [0.2, 0.25) is 0 Å². The van der Waals surface area contributed by atoms with E-state index < -0.39 is 41.9 Å². The van der Waals surface area contributed by atoms with Crippen LogP contribution in [-0.2, 0) is 19.2 Å². The predicted molar refractivity (Wildman–Crippen MR) is 90.8 cm³/mol. The maximum absolute atomic E-state index is 12.6. The van der Waals surface area contributed by atoms with E-state index in [2.05, 4.69) is 20.3 Å². The quantitative estimate of drug-likeness (QED) is 0.347. The fraction of sp³-hybridized carbons (Fsp3) is 0.308. The zero-order valence-corrected chi connectivity index (χ0v) is 14.0. The molecule has 3 heterocycles. The molecule has 12 heteroatoms. The van der Waals surface area contributed by atoms with E-state index in [9.17, 15) is 14.4 Å². The molecule has 2 atom stereocenters. The van der Waals surface area contributed by atoms with E-state index >= 15 is 0 Å². The number of rotatable bonds is 5. The molecule has 1 fully saturated rings. The summed E-state index contributed by atoms with van der Waals surface area (Å²) in [5.74, 6) is -2.39. The molecule has 10 nitrogen and oxygen atoms in total. The molecule has 0 radical (unpaired) electrons. The first-order chi connectivity index (χ1) is 13.1. The Labute approximate surface area is 153 Å². The number of carboxylic acid groups (broad SMARTS) is 1. The zero-order chi connectivity index (χ0) is 20.6. The topological polar surface area (TPSA) is 147 Å². The number of carbonyl (C=O) groups excluding carboxylic acids is 2. The molecule has 2 aliphatic rings. The first-order valence-electron chi connectivity index (χ1n) is 8.25. The second-order valence-corrected chi connectivity index (χ2v) is 6.92. The van der Waals surface area contributed by atoms with Gasteiger partial charge < -0.3 is 21.0 Å². The maximum Gasteiger partial charge on any atom is 0.352 e. The van der Waals surface area contributed by atoms with E-state index in [1.807, 2.05) is 0 Å². The Bertz CT molecular complexity index is 899. The third-order valence-electron chi connectivity index (χ3n) is 3.47. The number of nitrogen functional groups attached to an aromatic ring is 1. The lowest BCUT2D eigenvalue weighted by atomic mass is 10.0. The van der Waals surface area contributed by atoms with Gasteiger partial charge in [0.25, 0.3) is 11.8 Å². The molecular formula is C13H13N5O5S2. The first kappa shape index (κ1) is 13.7. The standard InChI is InChI=1S/C13H13N5O5S2/c1-23-17-7(5-4-25-13(14)15-5)9(19)16-8-10(20)18-6(12(21)22)2-3-24-11(8)18/h2,4,8,11H,3H2,1H3,(H2,14,15)(H,16,19)(H,21,22)/b17-7-/t8-,11-/m1/s1/i1D3. The minimum Gasteiger partial charge on any atom is -0.477 e. The molecule has 2 amide bonds. The molecule has 25 heavy (non-hydrogen) atoms. The number of nitrogens with two attached hydrogens (primary N) is 1. The number of thioether (sulfide) groups is 1. The minimum absolute atomic E-state index is 0.0182. The van der Waals surface area contributed by atoms with Crippen LogP contribution < -0.4 is 11.1 Å². The molecule has 0 aromatic carbocycles. The van der Waals surface area contributed by atoms with Crippen LogP contribution in [0.5, 0.6) is 0 Å². The summed E-state index contributed by atoms with van der Waals surface area (Å²) < 4.78 is 21.1. The number of β-lactam (4-membered cyclic amide) rings is 1. The number of oxime groups is 1.